The molecule has 0 aliphatic rings. The second-order valence-corrected chi connectivity index (χ2v) is 6.72. The van der Waals surface area contributed by atoms with Gasteiger partial charge in [0.2, 0.25) is 4.93 Å². The second-order valence-electron chi connectivity index (χ2n) is 3.54. The zero-order valence-electron chi connectivity index (χ0n) is 9.38. The molecule has 0 saturated carbocycles. The molecule has 0 bridgehead atoms. The molecule has 1 amide bonds. The quantitative estimate of drug-likeness (QED) is 0.790. The SMILES string of the molecule is CS(=O)c1ccc(S(=O)C(C)(O)C(N)=O)cc1. The van der Waals surface area contributed by atoms with Gasteiger partial charge in [-0.2, -0.15) is 0 Å². The summed E-state index contributed by atoms with van der Waals surface area (Å²) in [4.78, 5) is 9.65. The highest BCUT2D eigenvalue weighted by Gasteiger charge is 2.36. The topological polar surface area (TPSA) is 97.5 Å². The van der Waals surface area contributed by atoms with Crippen molar-refractivity contribution in [3.05, 3.63) is 24.3 Å². The minimum absolute atomic E-state index is 0.253. The predicted octanol–water partition coefficient (Wildman–Crippen LogP) is -0.275. The molecule has 3 N–H and O–H groups in total. The van der Waals surface area contributed by atoms with E-state index in [1.807, 2.05) is 0 Å². The van der Waals surface area contributed by atoms with E-state index in [2.05, 4.69) is 0 Å². The molecule has 0 radical (unpaired) electrons. The van der Waals surface area contributed by atoms with Crippen LogP contribution in [0.15, 0.2) is 34.1 Å². The molecule has 7 heteroatoms. The molecule has 3 atom stereocenters. The van der Waals surface area contributed by atoms with E-state index in [-0.39, 0.29) is 4.90 Å². The first kappa shape index (κ1) is 14.0. The van der Waals surface area contributed by atoms with Crippen molar-refractivity contribution >= 4 is 27.5 Å². The van der Waals surface area contributed by atoms with Crippen molar-refractivity contribution in [3.8, 4) is 0 Å². The van der Waals surface area contributed by atoms with Crippen LogP contribution in [0.3, 0.4) is 0 Å². The number of rotatable bonds is 4. The largest absolute Gasteiger partial charge is 0.369 e. The lowest BCUT2D eigenvalue weighted by molar-refractivity contribution is -0.127. The third-order valence-corrected chi connectivity index (χ3v) is 4.75. The summed E-state index contributed by atoms with van der Waals surface area (Å²) in [5.74, 6) is -1.06. The summed E-state index contributed by atoms with van der Waals surface area (Å²) in [6.45, 7) is 1.09. The molecule has 0 aliphatic carbocycles. The van der Waals surface area contributed by atoms with E-state index in [1.165, 1.54) is 30.5 Å². The van der Waals surface area contributed by atoms with Crippen LogP contribution in [0.1, 0.15) is 6.92 Å². The number of nitrogens with two attached hydrogens (primary N) is 1. The summed E-state index contributed by atoms with van der Waals surface area (Å²) >= 11 is 0. The van der Waals surface area contributed by atoms with E-state index < -0.39 is 32.4 Å². The zero-order chi connectivity index (χ0) is 13.2. The van der Waals surface area contributed by atoms with Crippen LogP contribution in [-0.2, 0) is 26.4 Å². The molecule has 0 fully saturated rings. The monoisotopic (exact) mass is 275 g/mol. The Hall–Kier alpha value is -1.05. The van der Waals surface area contributed by atoms with Crippen LogP contribution in [0.4, 0.5) is 0 Å². The Labute approximate surface area is 104 Å². The second kappa shape index (κ2) is 5.07. The van der Waals surface area contributed by atoms with Crippen molar-refractivity contribution in [2.45, 2.75) is 21.6 Å². The number of benzene rings is 1. The molecule has 17 heavy (non-hydrogen) atoms. The molecule has 0 spiro atoms. The van der Waals surface area contributed by atoms with Crippen LogP contribution in [0.25, 0.3) is 0 Å². The number of hydrogen-bond acceptors (Lipinski definition) is 4. The number of primary amides is 1. The van der Waals surface area contributed by atoms with E-state index in [4.69, 9.17) is 5.73 Å². The summed E-state index contributed by atoms with van der Waals surface area (Å²) in [5.41, 5.74) is 4.96. The molecule has 0 heterocycles. The van der Waals surface area contributed by atoms with Crippen LogP contribution < -0.4 is 5.73 Å². The Balaban J connectivity index is 3.06. The average Bonchev–Trinajstić information content (AvgIpc) is 2.27. The summed E-state index contributed by atoms with van der Waals surface area (Å²) < 4.78 is 23.0. The maximum Gasteiger partial charge on any atom is 0.262 e. The standard InChI is InChI=1S/C10H13NO4S2/c1-10(13,9(11)12)17(15)8-5-3-7(4-6-8)16(2)14/h3-6,13H,1-2H3,(H2,11,12). The highest BCUT2D eigenvalue weighted by atomic mass is 32.2. The van der Waals surface area contributed by atoms with Crippen molar-refractivity contribution in [1.29, 1.82) is 0 Å². The maximum atomic E-state index is 11.9. The van der Waals surface area contributed by atoms with E-state index in [0.717, 1.165) is 6.92 Å². The lowest BCUT2D eigenvalue weighted by atomic mass is 10.4. The third kappa shape index (κ3) is 2.99. The summed E-state index contributed by atoms with van der Waals surface area (Å²) in [6, 6.07) is 5.95. The molecule has 3 unspecified atom stereocenters. The van der Waals surface area contributed by atoms with Crippen molar-refractivity contribution in [2.24, 2.45) is 5.73 Å². The lowest BCUT2D eigenvalue weighted by Gasteiger charge is -2.18. The van der Waals surface area contributed by atoms with Crippen LogP contribution in [-0.4, -0.2) is 30.6 Å². The first-order valence-corrected chi connectivity index (χ1v) is 7.35. The normalized spacial score (nSPS) is 18.1. The number of aliphatic hydroxyl groups is 1. The number of carbonyl (C=O) groups excluding carboxylic acids is 1. The zero-order valence-corrected chi connectivity index (χ0v) is 11.0. The fourth-order valence-corrected chi connectivity index (χ4v) is 2.62. The van der Waals surface area contributed by atoms with Gasteiger partial charge < -0.3 is 10.8 Å². The predicted molar refractivity (Wildman–Crippen MR) is 65.0 cm³/mol. The van der Waals surface area contributed by atoms with Crippen molar-refractivity contribution in [1.82, 2.24) is 0 Å². The molecule has 94 valence electrons. The smallest absolute Gasteiger partial charge is 0.262 e. The van der Waals surface area contributed by atoms with Crippen LogP contribution in [0.5, 0.6) is 0 Å². The molecule has 1 rings (SSSR count). The molecular formula is C10H13NO4S2. The van der Waals surface area contributed by atoms with Crippen LogP contribution in [0.2, 0.25) is 0 Å². The molecule has 1 aromatic carbocycles. The van der Waals surface area contributed by atoms with Gasteiger partial charge in [-0.25, -0.2) is 0 Å². The van der Waals surface area contributed by atoms with E-state index in [0.29, 0.717) is 4.90 Å². The summed E-state index contributed by atoms with van der Waals surface area (Å²) in [5, 5.41) is 9.66. The van der Waals surface area contributed by atoms with Crippen molar-refractivity contribution in [3.63, 3.8) is 0 Å². The van der Waals surface area contributed by atoms with Gasteiger partial charge in [0, 0.05) is 26.8 Å². The van der Waals surface area contributed by atoms with Gasteiger partial charge in [-0.15, -0.1) is 0 Å². The Morgan fingerprint density at radius 2 is 1.65 bits per heavy atom. The minimum atomic E-state index is -2.12. The van der Waals surface area contributed by atoms with Gasteiger partial charge in [0.15, 0.2) is 0 Å². The van der Waals surface area contributed by atoms with E-state index in [9.17, 15) is 18.3 Å². The Kier molecular flexibility index (Phi) is 4.18. The van der Waals surface area contributed by atoms with Gasteiger partial charge in [-0.3, -0.25) is 13.2 Å². The third-order valence-electron chi connectivity index (χ3n) is 2.19. The summed E-state index contributed by atoms with van der Waals surface area (Å²) in [6.07, 6.45) is 1.52. The first-order chi connectivity index (χ1) is 7.76. The van der Waals surface area contributed by atoms with Gasteiger partial charge in [-0.1, -0.05) is 0 Å². The van der Waals surface area contributed by atoms with E-state index in [1.54, 1.807) is 0 Å². The lowest BCUT2D eigenvalue weighted by Crippen LogP contribution is -2.44. The molecule has 0 saturated heterocycles. The van der Waals surface area contributed by atoms with Gasteiger partial charge >= 0.3 is 0 Å². The van der Waals surface area contributed by atoms with Gasteiger partial charge in [0.1, 0.15) is 0 Å². The fraction of sp³-hybridized carbons (Fsp3) is 0.300. The number of carbonyl (C=O) groups is 1. The Bertz CT molecular complexity index is 482. The Morgan fingerprint density at radius 1 is 1.24 bits per heavy atom. The first-order valence-electron chi connectivity index (χ1n) is 4.64. The minimum Gasteiger partial charge on any atom is -0.369 e. The molecular weight excluding hydrogens is 262 g/mol. The fourth-order valence-electron chi connectivity index (χ4n) is 1.08. The highest BCUT2D eigenvalue weighted by molar-refractivity contribution is 7.87. The van der Waals surface area contributed by atoms with Gasteiger partial charge in [0.25, 0.3) is 5.91 Å². The van der Waals surface area contributed by atoms with Crippen molar-refractivity contribution in [2.75, 3.05) is 6.26 Å². The van der Waals surface area contributed by atoms with Crippen LogP contribution in [0, 0.1) is 0 Å². The van der Waals surface area contributed by atoms with Crippen LogP contribution >= 0.6 is 0 Å². The molecule has 0 aliphatic heterocycles. The molecule has 0 aromatic heterocycles. The van der Waals surface area contributed by atoms with Gasteiger partial charge in [0.05, 0.1) is 10.8 Å². The highest BCUT2D eigenvalue weighted by Crippen LogP contribution is 2.19. The Morgan fingerprint density at radius 3 is 2.00 bits per heavy atom. The summed E-state index contributed by atoms with van der Waals surface area (Å²) in [7, 11) is -3.10. The number of amides is 1. The maximum absolute atomic E-state index is 11.9. The average molecular weight is 275 g/mol. The number of hydrogen-bond donors (Lipinski definition) is 2. The van der Waals surface area contributed by atoms with Gasteiger partial charge in [-0.05, 0) is 31.2 Å². The van der Waals surface area contributed by atoms with E-state index >= 15 is 0 Å². The molecule has 5 nitrogen and oxygen atoms in total. The van der Waals surface area contributed by atoms with Crippen molar-refractivity contribution < 1.29 is 18.3 Å². The molecule has 1 aromatic rings.